The molecule has 4 aromatic rings. The number of nitrogens with zero attached hydrogens (tertiary/aromatic N) is 4. The van der Waals surface area contributed by atoms with E-state index >= 15 is 0 Å². The molecule has 0 N–H and O–H groups in total. The van der Waals surface area contributed by atoms with Crippen molar-refractivity contribution in [3.05, 3.63) is 86.4 Å². The lowest BCUT2D eigenvalue weighted by atomic mass is 9.62. The lowest BCUT2D eigenvalue weighted by molar-refractivity contribution is 0.283. The summed E-state index contributed by atoms with van der Waals surface area (Å²) >= 11 is 6.08. The second-order valence-electron chi connectivity index (χ2n) is 9.42. The summed E-state index contributed by atoms with van der Waals surface area (Å²) in [6.45, 7) is 2.55. The van der Waals surface area contributed by atoms with Gasteiger partial charge in [-0.05, 0) is 55.5 Å². The Labute approximate surface area is 191 Å². The molecule has 162 valence electrons. The number of halogens is 1. The number of aromatic nitrogens is 4. The number of aryl methyl sites for hydroxylation is 1. The van der Waals surface area contributed by atoms with Gasteiger partial charge < -0.3 is 0 Å². The van der Waals surface area contributed by atoms with Gasteiger partial charge in [0.2, 0.25) is 5.78 Å². The van der Waals surface area contributed by atoms with Gasteiger partial charge in [0, 0.05) is 21.6 Å². The Balaban J connectivity index is 1.66. The number of hydrogen-bond donors (Lipinski definition) is 0. The van der Waals surface area contributed by atoms with Crippen LogP contribution < -0.4 is 5.56 Å². The van der Waals surface area contributed by atoms with Gasteiger partial charge in [0.1, 0.15) is 6.33 Å². The maximum Gasteiger partial charge on any atom is 0.259 e. The van der Waals surface area contributed by atoms with E-state index in [1.165, 1.54) is 17.5 Å². The third kappa shape index (κ3) is 2.95. The van der Waals surface area contributed by atoms with E-state index in [0.29, 0.717) is 17.3 Å². The van der Waals surface area contributed by atoms with Crippen molar-refractivity contribution in [2.24, 2.45) is 0 Å². The first-order chi connectivity index (χ1) is 15.6. The van der Waals surface area contributed by atoms with Crippen LogP contribution in [-0.4, -0.2) is 19.2 Å². The molecule has 0 aliphatic heterocycles. The van der Waals surface area contributed by atoms with Crippen LogP contribution in [0.15, 0.2) is 53.6 Å². The second kappa shape index (κ2) is 7.31. The predicted octanol–water partition coefficient (Wildman–Crippen LogP) is 5.33. The first kappa shape index (κ1) is 19.7. The zero-order valence-electron chi connectivity index (χ0n) is 18.1. The molecular formula is C26H25ClN4O. The van der Waals surface area contributed by atoms with Gasteiger partial charge in [0.05, 0.1) is 12.2 Å². The molecule has 2 aliphatic carbocycles. The highest BCUT2D eigenvalue weighted by Gasteiger charge is 2.43. The minimum absolute atomic E-state index is 0.0736. The van der Waals surface area contributed by atoms with Crippen molar-refractivity contribution < 1.29 is 0 Å². The number of hydrogen-bond acceptors (Lipinski definition) is 3. The fourth-order valence-electron chi connectivity index (χ4n) is 5.85. The van der Waals surface area contributed by atoms with Crippen molar-refractivity contribution in [1.29, 1.82) is 0 Å². The van der Waals surface area contributed by atoms with E-state index in [0.717, 1.165) is 54.5 Å². The van der Waals surface area contributed by atoms with Crippen molar-refractivity contribution in [3.8, 4) is 11.3 Å². The Morgan fingerprint density at radius 2 is 1.84 bits per heavy atom. The fraction of sp³-hybridized carbons (Fsp3) is 0.346. The monoisotopic (exact) mass is 444 g/mol. The smallest absolute Gasteiger partial charge is 0.259 e. The lowest BCUT2D eigenvalue weighted by Crippen LogP contribution is -2.43. The summed E-state index contributed by atoms with van der Waals surface area (Å²) in [6, 6.07) is 14.3. The van der Waals surface area contributed by atoms with E-state index in [9.17, 15) is 4.79 Å². The third-order valence-electron chi connectivity index (χ3n) is 7.35. The van der Waals surface area contributed by atoms with Crippen LogP contribution in [0.4, 0.5) is 0 Å². The first-order valence-corrected chi connectivity index (χ1v) is 11.7. The predicted molar refractivity (Wildman–Crippen MR) is 126 cm³/mol. The Hall–Kier alpha value is -2.92. The summed E-state index contributed by atoms with van der Waals surface area (Å²) in [5.41, 5.74) is 6.60. The molecule has 6 heteroatoms. The van der Waals surface area contributed by atoms with Crippen molar-refractivity contribution in [1.82, 2.24) is 19.2 Å². The minimum Gasteiger partial charge on any atom is -0.272 e. The topological polar surface area (TPSA) is 52.2 Å². The average Bonchev–Trinajstić information content (AvgIpc) is 3.28. The standard InChI is InChI=1S/C26H25ClN4O/c1-17-5-8-19-14-26(11-3-2-4-12-26)22-23(21(19)13-17)31-16-28-29-25(31)30(24(22)32)15-18-6-9-20(27)10-7-18/h5-10,13,16H,2-4,11-12,14-15H2,1H3. The van der Waals surface area contributed by atoms with Crippen LogP contribution in [0, 0.1) is 6.92 Å². The molecule has 5 nitrogen and oxygen atoms in total. The van der Waals surface area contributed by atoms with Gasteiger partial charge in [0.25, 0.3) is 5.56 Å². The largest absolute Gasteiger partial charge is 0.272 e. The summed E-state index contributed by atoms with van der Waals surface area (Å²) in [5.74, 6) is 0.587. The van der Waals surface area contributed by atoms with Crippen molar-refractivity contribution in [3.63, 3.8) is 0 Å². The molecule has 0 saturated heterocycles. The fourth-order valence-corrected chi connectivity index (χ4v) is 5.97. The van der Waals surface area contributed by atoms with Gasteiger partial charge in [-0.3, -0.25) is 13.8 Å². The normalized spacial score (nSPS) is 16.8. The van der Waals surface area contributed by atoms with E-state index < -0.39 is 0 Å². The zero-order chi connectivity index (χ0) is 21.9. The van der Waals surface area contributed by atoms with E-state index in [-0.39, 0.29) is 11.0 Å². The summed E-state index contributed by atoms with van der Waals surface area (Å²) in [6.07, 6.45) is 8.37. The highest BCUT2D eigenvalue weighted by Crippen LogP contribution is 2.49. The highest BCUT2D eigenvalue weighted by atomic mass is 35.5. The van der Waals surface area contributed by atoms with Crippen LogP contribution in [0.2, 0.25) is 5.02 Å². The van der Waals surface area contributed by atoms with Crippen molar-refractivity contribution in [2.45, 2.75) is 57.4 Å². The lowest BCUT2D eigenvalue weighted by Gasteiger charge is -2.42. The van der Waals surface area contributed by atoms with Crippen molar-refractivity contribution >= 4 is 17.4 Å². The summed E-state index contributed by atoms with van der Waals surface area (Å²) in [7, 11) is 0. The maximum absolute atomic E-state index is 14.2. The summed E-state index contributed by atoms with van der Waals surface area (Å²) in [5, 5.41) is 9.30. The van der Waals surface area contributed by atoms with Gasteiger partial charge in [-0.15, -0.1) is 10.2 Å². The molecular weight excluding hydrogens is 420 g/mol. The molecule has 32 heavy (non-hydrogen) atoms. The third-order valence-corrected chi connectivity index (χ3v) is 7.60. The van der Waals surface area contributed by atoms with Crippen LogP contribution >= 0.6 is 11.6 Å². The van der Waals surface area contributed by atoms with Crippen molar-refractivity contribution in [2.75, 3.05) is 0 Å². The average molecular weight is 445 g/mol. The Morgan fingerprint density at radius 3 is 2.62 bits per heavy atom. The van der Waals surface area contributed by atoms with Crippen LogP contribution in [0.5, 0.6) is 0 Å². The van der Waals surface area contributed by atoms with Gasteiger partial charge in [0.15, 0.2) is 0 Å². The van der Waals surface area contributed by atoms with E-state index in [2.05, 4.69) is 35.3 Å². The van der Waals surface area contributed by atoms with Gasteiger partial charge in [-0.1, -0.05) is 60.7 Å². The minimum atomic E-state index is -0.118. The molecule has 2 aromatic carbocycles. The quantitative estimate of drug-likeness (QED) is 0.420. The molecule has 6 rings (SSSR count). The van der Waals surface area contributed by atoms with Gasteiger partial charge >= 0.3 is 0 Å². The van der Waals surface area contributed by atoms with E-state index in [4.69, 9.17) is 11.6 Å². The highest BCUT2D eigenvalue weighted by molar-refractivity contribution is 6.30. The molecule has 2 heterocycles. The number of benzene rings is 2. The maximum atomic E-state index is 14.2. The first-order valence-electron chi connectivity index (χ1n) is 11.4. The molecule has 2 aromatic heterocycles. The van der Waals surface area contributed by atoms with Crippen LogP contribution in [0.25, 0.3) is 17.0 Å². The zero-order valence-corrected chi connectivity index (χ0v) is 18.9. The second-order valence-corrected chi connectivity index (χ2v) is 9.86. The molecule has 1 spiro atoms. The molecule has 0 atom stereocenters. The van der Waals surface area contributed by atoms with Crippen LogP contribution in [0.3, 0.4) is 0 Å². The SMILES string of the molecule is Cc1ccc2c(c1)-c1c(c(=O)n(Cc3ccc(Cl)cc3)c3nncn13)C1(CCCCC1)C2. The number of rotatable bonds is 2. The summed E-state index contributed by atoms with van der Waals surface area (Å²) < 4.78 is 3.84. The van der Waals surface area contributed by atoms with Gasteiger partial charge in [-0.25, -0.2) is 0 Å². The molecule has 0 bridgehead atoms. The Kier molecular flexibility index (Phi) is 4.51. The summed E-state index contributed by atoms with van der Waals surface area (Å²) in [4.78, 5) is 14.2. The van der Waals surface area contributed by atoms with E-state index in [1.54, 1.807) is 10.9 Å². The van der Waals surface area contributed by atoms with Crippen LogP contribution in [-0.2, 0) is 18.4 Å². The van der Waals surface area contributed by atoms with E-state index in [1.807, 2.05) is 28.7 Å². The van der Waals surface area contributed by atoms with Crippen LogP contribution in [0.1, 0.15) is 54.4 Å². The Bertz CT molecular complexity index is 1390. The molecule has 1 fully saturated rings. The number of fused-ring (bicyclic) bond motifs is 6. The van der Waals surface area contributed by atoms with Gasteiger partial charge in [-0.2, -0.15) is 0 Å². The Morgan fingerprint density at radius 1 is 1.06 bits per heavy atom. The molecule has 0 radical (unpaired) electrons. The molecule has 0 unspecified atom stereocenters. The molecule has 0 amide bonds. The molecule has 2 aliphatic rings. The molecule has 1 saturated carbocycles.